The van der Waals surface area contributed by atoms with Crippen LogP contribution in [0.15, 0.2) is 39.9 Å². The molecule has 54 heavy (non-hydrogen) atoms. The summed E-state index contributed by atoms with van der Waals surface area (Å²) in [6.07, 6.45) is -1.46. The summed E-state index contributed by atoms with van der Waals surface area (Å²) in [6, 6.07) is 9.82. The van der Waals surface area contributed by atoms with Crippen LogP contribution in [0.25, 0.3) is 0 Å². The standard InChI is InChI=1S/C34H40F3N9O7S/c35-34(36,37)33-43-25(18-26(44-33)46-14-1-2-24(46)32(51)41-12-8-21-3-5-23(19-38)6-4-21)45-15-9-22(10-16-45)7-11-39-28-29(31(50)30(28)49)40-13-17-54(52,53)42-20-27(47)48/h3-6,18,22,24,39-40,42H,1-2,7-17,20H2,(H,41,51)(H,47,48)/t24-/m0/s1. The molecule has 20 heteroatoms. The second kappa shape index (κ2) is 17.2. The van der Waals surface area contributed by atoms with Crippen molar-refractivity contribution >= 4 is 44.9 Å². The Morgan fingerprint density at radius 3 is 2.22 bits per heavy atom. The summed E-state index contributed by atoms with van der Waals surface area (Å²) in [4.78, 5) is 59.0. The maximum Gasteiger partial charge on any atom is 0.451 e. The number of carboxylic acids is 1. The van der Waals surface area contributed by atoms with Crippen molar-refractivity contribution in [1.82, 2.24) is 20.0 Å². The summed E-state index contributed by atoms with van der Waals surface area (Å²) in [6.45, 7) is 0.747. The Kier molecular flexibility index (Phi) is 12.7. The zero-order valence-electron chi connectivity index (χ0n) is 29.1. The number of hydrogen-bond acceptors (Lipinski definition) is 13. The topological polar surface area (TPSA) is 227 Å². The third-order valence-corrected chi connectivity index (χ3v) is 10.7. The number of halogens is 3. The van der Waals surface area contributed by atoms with Crippen molar-refractivity contribution < 1.29 is 36.3 Å². The molecule has 0 bridgehead atoms. The maximum atomic E-state index is 14.0. The van der Waals surface area contributed by atoms with Gasteiger partial charge < -0.3 is 30.9 Å². The minimum atomic E-state index is -4.82. The smallest absolute Gasteiger partial charge is 0.451 e. The number of hydrogen-bond donors (Lipinski definition) is 5. The summed E-state index contributed by atoms with van der Waals surface area (Å²) in [5, 5.41) is 26.0. The maximum absolute atomic E-state index is 14.0. The summed E-state index contributed by atoms with van der Waals surface area (Å²) in [5.74, 6) is -3.21. The minimum absolute atomic E-state index is 0.0231. The van der Waals surface area contributed by atoms with E-state index in [9.17, 15) is 40.8 Å². The van der Waals surface area contributed by atoms with Crippen LogP contribution < -0.4 is 41.3 Å². The average molecular weight is 776 g/mol. The van der Waals surface area contributed by atoms with Crippen molar-refractivity contribution in [2.24, 2.45) is 5.92 Å². The van der Waals surface area contributed by atoms with E-state index in [1.54, 1.807) is 34.1 Å². The van der Waals surface area contributed by atoms with Gasteiger partial charge in [0.25, 0.3) is 10.9 Å². The molecule has 16 nitrogen and oxygen atoms in total. The molecule has 1 aromatic heterocycles. The van der Waals surface area contributed by atoms with E-state index in [4.69, 9.17) is 10.4 Å². The van der Waals surface area contributed by atoms with Crippen LogP contribution in [0.4, 0.5) is 36.2 Å². The Bertz CT molecular complexity index is 2040. The van der Waals surface area contributed by atoms with Crippen molar-refractivity contribution in [1.29, 1.82) is 5.26 Å². The van der Waals surface area contributed by atoms with E-state index in [2.05, 4.69) is 25.9 Å². The zero-order valence-corrected chi connectivity index (χ0v) is 29.9. The number of aliphatic carboxylic acids is 1. The van der Waals surface area contributed by atoms with Crippen molar-refractivity contribution in [3.05, 3.63) is 67.7 Å². The number of carboxylic acid groups (broad SMARTS) is 1. The van der Waals surface area contributed by atoms with Crippen molar-refractivity contribution in [3.8, 4) is 6.07 Å². The first-order valence-corrected chi connectivity index (χ1v) is 19.0. The van der Waals surface area contributed by atoms with Crippen LogP contribution in [0.5, 0.6) is 0 Å². The second-order valence-electron chi connectivity index (χ2n) is 13.1. The number of sulfonamides is 1. The van der Waals surface area contributed by atoms with Crippen LogP contribution in [0.3, 0.4) is 0 Å². The lowest BCUT2D eigenvalue weighted by molar-refractivity contribution is -0.144. The summed E-state index contributed by atoms with van der Waals surface area (Å²) >= 11 is 0. The lowest BCUT2D eigenvalue weighted by atomic mass is 9.93. The number of amides is 1. The van der Waals surface area contributed by atoms with Gasteiger partial charge in [0.2, 0.25) is 21.8 Å². The van der Waals surface area contributed by atoms with Gasteiger partial charge in [-0.1, -0.05) is 12.1 Å². The lowest BCUT2D eigenvalue weighted by Crippen LogP contribution is -2.44. The Morgan fingerprint density at radius 2 is 1.59 bits per heavy atom. The number of rotatable bonds is 17. The van der Waals surface area contributed by atoms with Crippen LogP contribution >= 0.6 is 0 Å². The summed E-state index contributed by atoms with van der Waals surface area (Å²) < 4.78 is 67.7. The number of nitriles is 1. The number of carbonyl (C=O) groups is 2. The highest BCUT2D eigenvalue weighted by molar-refractivity contribution is 7.89. The first-order valence-electron chi connectivity index (χ1n) is 17.4. The Hall–Kier alpha value is -5.29. The van der Waals surface area contributed by atoms with Gasteiger partial charge in [-0.2, -0.15) is 18.4 Å². The molecule has 2 fully saturated rings. The van der Waals surface area contributed by atoms with Gasteiger partial charge in [0.1, 0.15) is 35.6 Å². The fourth-order valence-corrected chi connectivity index (χ4v) is 7.36. The highest BCUT2D eigenvalue weighted by Gasteiger charge is 2.39. The van der Waals surface area contributed by atoms with E-state index < -0.39 is 57.2 Å². The van der Waals surface area contributed by atoms with Gasteiger partial charge in [-0.25, -0.2) is 23.1 Å². The molecule has 1 atom stereocenters. The van der Waals surface area contributed by atoms with E-state index in [1.165, 1.54) is 6.07 Å². The van der Waals surface area contributed by atoms with Gasteiger partial charge in [0, 0.05) is 45.3 Å². The highest BCUT2D eigenvalue weighted by Crippen LogP contribution is 2.34. The molecule has 2 saturated heterocycles. The molecule has 0 aliphatic carbocycles. The molecule has 3 heterocycles. The van der Waals surface area contributed by atoms with E-state index in [1.807, 2.05) is 10.8 Å². The van der Waals surface area contributed by atoms with Gasteiger partial charge in [-0.05, 0) is 62.1 Å². The molecule has 0 spiro atoms. The summed E-state index contributed by atoms with van der Waals surface area (Å²) in [5.41, 5.74) is -0.122. The number of benzene rings is 1. The number of aromatic nitrogens is 2. The molecule has 3 aromatic rings. The molecule has 2 aromatic carbocycles. The normalized spacial score (nSPS) is 16.7. The molecule has 2 aliphatic heterocycles. The fourth-order valence-electron chi connectivity index (χ4n) is 6.50. The van der Waals surface area contributed by atoms with Crippen LogP contribution in [0, 0.1) is 17.2 Å². The molecule has 1 amide bonds. The first-order chi connectivity index (χ1) is 25.6. The largest absolute Gasteiger partial charge is 0.480 e. The fraction of sp³-hybridized carbons (Fsp3) is 0.500. The monoisotopic (exact) mass is 775 g/mol. The number of anilines is 4. The molecule has 5 N–H and O–H groups in total. The molecule has 0 saturated carbocycles. The third kappa shape index (κ3) is 10.2. The van der Waals surface area contributed by atoms with Crippen LogP contribution in [0.2, 0.25) is 0 Å². The number of alkyl halides is 3. The van der Waals surface area contributed by atoms with E-state index in [0.717, 1.165) is 5.56 Å². The molecular formula is C34H40F3N9O7S. The molecule has 5 rings (SSSR count). The van der Waals surface area contributed by atoms with Gasteiger partial charge >= 0.3 is 12.1 Å². The van der Waals surface area contributed by atoms with Crippen LogP contribution in [0.1, 0.15) is 49.1 Å². The number of nitrogens with one attached hydrogen (secondary N) is 4. The first kappa shape index (κ1) is 39.9. The van der Waals surface area contributed by atoms with E-state index in [-0.39, 0.29) is 41.4 Å². The van der Waals surface area contributed by atoms with Gasteiger partial charge in [0.05, 0.1) is 17.4 Å². The van der Waals surface area contributed by atoms with Crippen molar-refractivity contribution in [2.75, 3.05) is 72.0 Å². The lowest BCUT2D eigenvalue weighted by Gasteiger charge is -2.34. The quantitative estimate of drug-likeness (QED) is 0.122. The molecule has 0 radical (unpaired) electrons. The predicted molar refractivity (Wildman–Crippen MR) is 193 cm³/mol. The Labute approximate surface area is 308 Å². The van der Waals surface area contributed by atoms with Gasteiger partial charge in [-0.3, -0.25) is 19.2 Å². The number of nitrogens with zero attached hydrogens (tertiary/aromatic N) is 5. The predicted octanol–water partition coefficient (Wildman–Crippen LogP) is 1.43. The number of carbonyl (C=O) groups excluding carboxylic acids is 1. The SMILES string of the molecule is N#Cc1ccc(CCNC(=O)[C@@H]2CCCN2c2cc(N3CCC(CCNc4c(NCCS(=O)(=O)NCC(=O)O)c(=O)c4=O)CC3)nc(C(F)(F)F)n2)cc1. The van der Waals surface area contributed by atoms with Gasteiger partial charge in [-0.15, -0.1) is 0 Å². The van der Waals surface area contributed by atoms with Gasteiger partial charge in [0.15, 0.2) is 0 Å². The number of piperidine rings is 1. The Morgan fingerprint density at radius 1 is 0.944 bits per heavy atom. The van der Waals surface area contributed by atoms with E-state index >= 15 is 0 Å². The molecular weight excluding hydrogens is 735 g/mol. The second-order valence-corrected chi connectivity index (χ2v) is 15.0. The minimum Gasteiger partial charge on any atom is -0.480 e. The Balaban J connectivity index is 1.14. The average Bonchev–Trinajstić information content (AvgIpc) is 3.65. The van der Waals surface area contributed by atoms with E-state index in [0.29, 0.717) is 76.8 Å². The van der Waals surface area contributed by atoms with Crippen molar-refractivity contribution in [3.63, 3.8) is 0 Å². The molecule has 290 valence electrons. The van der Waals surface area contributed by atoms with Crippen LogP contribution in [-0.4, -0.2) is 93.0 Å². The van der Waals surface area contributed by atoms with Crippen LogP contribution in [-0.2, 0) is 32.2 Å². The third-order valence-electron chi connectivity index (χ3n) is 9.42. The van der Waals surface area contributed by atoms with Crippen molar-refractivity contribution in [2.45, 2.75) is 50.7 Å². The molecule has 0 unspecified atom stereocenters. The highest BCUT2D eigenvalue weighted by atomic mass is 32.2. The molecule has 2 aliphatic rings. The summed E-state index contributed by atoms with van der Waals surface area (Å²) in [7, 11) is -3.92. The zero-order chi connectivity index (χ0) is 39.0.